The van der Waals surface area contributed by atoms with Crippen LogP contribution in [0.15, 0.2) is 12.1 Å². The molecule has 0 aliphatic heterocycles. The minimum atomic E-state index is -1.36. The number of ketones is 1. The SMILES string of the molecule is CC.CC(C)(C)OC(=O)NC(Cc1cc(F)c(F)cc1F)C(=O)C=N. The Balaban J connectivity index is 0.00000277. The zero-order chi connectivity index (χ0) is 19.8. The normalized spacial score (nSPS) is 11.7. The molecule has 5 nitrogen and oxygen atoms in total. The fraction of sp³-hybridized carbons (Fsp3) is 0.471. The number of carbonyl (C=O) groups is 2. The second kappa shape index (κ2) is 9.80. The van der Waals surface area contributed by atoms with Crippen molar-refractivity contribution >= 4 is 18.1 Å². The second-order valence-corrected chi connectivity index (χ2v) is 5.81. The molecule has 8 heteroatoms. The van der Waals surface area contributed by atoms with Crippen LogP contribution in [0.25, 0.3) is 0 Å². The molecule has 0 aromatic heterocycles. The standard InChI is InChI=1S/C15H17F3N2O3.C2H6/c1-15(2,3)23-14(22)20-12(13(21)7-19)5-8-4-10(17)11(18)6-9(8)16;1-2/h4,6-7,12,19H,5H2,1-3H3,(H,20,22);1-2H3. The molecule has 0 bridgehead atoms. The molecule has 1 amide bonds. The molecule has 0 saturated carbocycles. The van der Waals surface area contributed by atoms with E-state index in [-0.39, 0.29) is 5.56 Å². The first kappa shape index (κ1) is 22.6. The molecule has 25 heavy (non-hydrogen) atoms. The van der Waals surface area contributed by atoms with Crippen molar-refractivity contribution in [1.29, 1.82) is 5.41 Å². The first-order chi connectivity index (χ1) is 11.5. The van der Waals surface area contributed by atoms with Crippen LogP contribution in [0.5, 0.6) is 0 Å². The largest absolute Gasteiger partial charge is 0.444 e. The van der Waals surface area contributed by atoms with Crippen LogP contribution < -0.4 is 5.32 Å². The third-order valence-electron chi connectivity index (χ3n) is 2.69. The van der Waals surface area contributed by atoms with E-state index in [0.717, 1.165) is 0 Å². The molecule has 1 aromatic rings. The van der Waals surface area contributed by atoms with Crippen molar-refractivity contribution in [2.45, 2.75) is 52.7 Å². The van der Waals surface area contributed by atoms with Crippen LogP contribution in [0.2, 0.25) is 0 Å². The summed E-state index contributed by atoms with van der Waals surface area (Å²) in [5.74, 6) is -4.53. The Morgan fingerprint density at radius 1 is 1.16 bits per heavy atom. The monoisotopic (exact) mass is 360 g/mol. The van der Waals surface area contributed by atoms with Crippen molar-refractivity contribution in [2.24, 2.45) is 0 Å². The molecule has 2 N–H and O–H groups in total. The molecule has 1 atom stereocenters. The highest BCUT2D eigenvalue weighted by molar-refractivity contribution is 6.29. The van der Waals surface area contributed by atoms with Gasteiger partial charge in [0.15, 0.2) is 17.4 Å². The van der Waals surface area contributed by atoms with Gasteiger partial charge in [-0.05, 0) is 32.4 Å². The number of ether oxygens (including phenoxy) is 1. The van der Waals surface area contributed by atoms with Gasteiger partial charge in [0.25, 0.3) is 0 Å². The van der Waals surface area contributed by atoms with Crippen molar-refractivity contribution in [3.63, 3.8) is 0 Å². The molecule has 1 rings (SSSR count). The Hall–Kier alpha value is -2.38. The van der Waals surface area contributed by atoms with E-state index < -0.39 is 47.4 Å². The number of hydrogen-bond donors (Lipinski definition) is 2. The number of alkyl carbamates (subject to hydrolysis) is 1. The summed E-state index contributed by atoms with van der Waals surface area (Å²) in [5, 5.41) is 9.15. The Morgan fingerprint density at radius 2 is 1.68 bits per heavy atom. The molecular weight excluding hydrogens is 337 g/mol. The van der Waals surface area contributed by atoms with Crippen LogP contribution in [-0.4, -0.2) is 29.7 Å². The summed E-state index contributed by atoms with van der Waals surface area (Å²) in [4.78, 5) is 23.4. The van der Waals surface area contributed by atoms with Crippen molar-refractivity contribution in [1.82, 2.24) is 5.32 Å². The lowest BCUT2D eigenvalue weighted by Gasteiger charge is -2.22. The topological polar surface area (TPSA) is 79.2 Å². The average molecular weight is 360 g/mol. The van der Waals surface area contributed by atoms with E-state index in [4.69, 9.17) is 10.1 Å². The highest BCUT2D eigenvalue weighted by Gasteiger charge is 2.25. The lowest BCUT2D eigenvalue weighted by Crippen LogP contribution is -2.45. The van der Waals surface area contributed by atoms with E-state index in [1.165, 1.54) is 0 Å². The van der Waals surface area contributed by atoms with Crippen LogP contribution in [0.4, 0.5) is 18.0 Å². The zero-order valence-corrected chi connectivity index (χ0v) is 14.9. The predicted octanol–water partition coefficient (Wildman–Crippen LogP) is 3.78. The molecule has 0 spiro atoms. The molecular formula is C17H23F3N2O3. The van der Waals surface area contributed by atoms with Gasteiger partial charge in [0.05, 0.1) is 6.21 Å². The van der Waals surface area contributed by atoms with E-state index in [2.05, 4.69) is 5.32 Å². The zero-order valence-electron chi connectivity index (χ0n) is 14.9. The van der Waals surface area contributed by atoms with Crippen molar-refractivity contribution in [3.05, 3.63) is 35.1 Å². The van der Waals surface area contributed by atoms with E-state index in [9.17, 15) is 22.8 Å². The van der Waals surface area contributed by atoms with Gasteiger partial charge >= 0.3 is 6.09 Å². The smallest absolute Gasteiger partial charge is 0.408 e. The number of nitrogens with one attached hydrogen (secondary N) is 2. The van der Waals surface area contributed by atoms with Gasteiger partial charge in [-0.2, -0.15) is 0 Å². The summed E-state index contributed by atoms with van der Waals surface area (Å²) in [6.07, 6.45) is -0.947. The Kier molecular flexibility index (Phi) is 8.87. The Labute approximate surface area is 145 Å². The minimum Gasteiger partial charge on any atom is -0.444 e. The maximum absolute atomic E-state index is 13.6. The van der Waals surface area contributed by atoms with Crippen molar-refractivity contribution < 1.29 is 27.5 Å². The molecule has 1 unspecified atom stereocenters. The lowest BCUT2D eigenvalue weighted by atomic mass is 10.0. The van der Waals surface area contributed by atoms with Gasteiger partial charge in [-0.1, -0.05) is 13.8 Å². The summed E-state index contributed by atoms with van der Waals surface area (Å²) in [5.41, 5.74) is -1.13. The van der Waals surface area contributed by atoms with E-state index in [1.54, 1.807) is 20.8 Å². The highest BCUT2D eigenvalue weighted by Crippen LogP contribution is 2.16. The maximum Gasteiger partial charge on any atom is 0.408 e. The number of rotatable bonds is 5. The van der Waals surface area contributed by atoms with Crippen LogP contribution in [0.3, 0.4) is 0 Å². The highest BCUT2D eigenvalue weighted by atomic mass is 19.2. The van der Waals surface area contributed by atoms with Gasteiger partial charge < -0.3 is 15.5 Å². The lowest BCUT2D eigenvalue weighted by molar-refractivity contribution is -0.114. The quantitative estimate of drug-likeness (QED) is 0.619. The summed E-state index contributed by atoms with van der Waals surface area (Å²) < 4.78 is 44.7. The summed E-state index contributed by atoms with van der Waals surface area (Å²) >= 11 is 0. The number of halogens is 3. The van der Waals surface area contributed by atoms with Gasteiger partial charge in [0, 0.05) is 12.5 Å². The molecule has 0 heterocycles. The predicted molar refractivity (Wildman–Crippen MR) is 88.3 cm³/mol. The molecule has 0 radical (unpaired) electrons. The fourth-order valence-corrected chi connectivity index (χ4v) is 1.71. The summed E-state index contributed by atoms with van der Waals surface area (Å²) in [7, 11) is 0. The van der Waals surface area contributed by atoms with Crippen LogP contribution in [0.1, 0.15) is 40.2 Å². The summed E-state index contributed by atoms with van der Waals surface area (Å²) in [6.45, 7) is 8.82. The van der Waals surface area contributed by atoms with Gasteiger partial charge in [-0.25, -0.2) is 18.0 Å². The molecule has 0 aliphatic carbocycles. The van der Waals surface area contributed by atoms with Crippen LogP contribution in [-0.2, 0) is 16.0 Å². The number of Topliss-reactive ketones (excluding diaryl/α,β-unsaturated/α-hetero) is 1. The second-order valence-electron chi connectivity index (χ2n) is 5.81. The average Bonchev–Trinajstić information content (AvgIpc) is 2.51. The van der Waals surface area contributed by atoms with E-state index in [0.29, 0.717) is 18.3 Å². The molecule has 1 aromatic carbocycles. The van der Waals surface area contributed by atoms with Gasteiger partial charge in [-0.3, -0.25) is 4.79 Å². The fourth-order valence-electron chi connectivity index (χ4n) is 1.71. The van der Waals surface area contributed by atoms with E-state index >= 15 is 0 Å². The number of amides is 1. The number of benzene rings is 1. The van der Waals surface area contributed by atoms with Crippen molar-refractivity contribution in [2.75, 3.05) is 0 Å². The first-order valence-corrected chi connectivity index (χ1v) is 7.70. The number of carbonyl (C=O) groups excluding carboxylic acids is 2. The Morgan fingerprint density at radius 3 is 2.16 bits per heavy atom. The molecule has 0 fully saturated rings. The third kappa shape index (κ3) is 7.82. The van der Waals surface area contributed by atoms with Crippen LogP contribution in [0, 0.1) is 22.9 Å². The van der Waals surface area contributed by atoms with Gasteiger partial charge in [-0.15, -0.1) is 0 Å². The van der Waals surface area contributed by atoms with Gasteiger partial charge in [0.1, 0.15) is 17.5 Å². The maximum atomic E-state index is 13.6. The minimum absolute atomic E-state index is 0.305. The van der Waals surface area contributed by atoms with Gasteiger partial charge in [0.2, 0.25) is 0 Å². The molecule has 0 aliphatic rings. The molecule has 140 valence electrons. The summed E-state index contributed by atoms with van der Waals surface area (Å²) in [6, 6.07) is -0.378. The van der Waals surface area contributed by atoms with Crippen molar-refractivity contribution in [3.8, 4) is 0 Å². The third-order valence-corrected chi connectivity index (χ3v) is 2.69. The molecule has 0 saturated heterocycles. The first-order valence-electron chi connectivity index (χ1n) is 7.70. The van der Waals surface area contributed by atoms with Crippen LogP contribution >= 0.6 is 0 Å². The van der Waals surface area contributed by atoms with E-state index in [1.807, 2.05) is 13.8 Å². The Bertz CT molecular complexity index is 628. The number of hydrogen-bond acceptors (Lipinski definition) is 4.